The third kappa shape index (κ3) is 4.18. The van der Waals surface area contributed by atoms with Gasteiger partial charge in [0.25, 0.3) is 0 Å². The number of hydrogen-bond acceptors (Lipinski definition) is 3. The molecule has 1 fully saturated rings. The van der Waals surface area contributed by atoms with Crippen LogP contribution in [-0.4, -0.2) is 36.7 Å². The molecule has 0 spiro atoms. The molecule has 0 heterocycles. The highest BCUT2D eigenvalue weighted by Crippen LogP contribution is 2.25. The molecule has 0 radical (unpaired) electrons. The Hall–Kier alpha value is -1.10. The number of carboxylic acids is 1. The second-order valence-corrected chi connectivity index (χ2v) is 4.21. The fraction of sp³-hybridized carbons (Fsp3) is 0.818. The summed E-state index contributed by atoms with van der Waals surface area (Å²) in [7, 11) is 1.60. The van der Waals surface area contributed by atoms with Gasteiger partial charge in [0, 0.05) is 26.2 Å². The van der Waals surface area contributed by atoms with Crippen molar-refractivity contribution < 1.29 is 19.4 Å². The van der Waals surface area contributed by atoms with Crippen LogP contribution in [0.2, 0.25) is 0 Å². The third-order valence-corrected chi connectivity index (χ3v) is 2.90. The van der Waals surface area contributed by atoms with Crippen molar-refractivity contribution in [3.05, 3.63) is 0 Å². The predicted molar refractivity (Wildman–Crippen MR) is 58.0 cm³/mol. The van der Waals surface area contributed by atoms with Crippen LogP contribution in [0.3, 0.4) is 0 Å². The zero-order valence-electron chi connectivity index (χ0n) is 9.57. The van der Waals surface area contributed by atoms with Gasteiger partial charge in [-0.2, -0.15) is 0 Å². The molecule has 1 aliphatic carbocycles. The highest BCUT2D eigenvalue weighted by atomic mass is 16.5. The molecule has 16 heavy (non-hydrogen) atoms. The Morgan fingerprint density at radius 2 is 2.19 bits per heavy atom. The van der Waals surface area contributed by atoms with Crippen LogP contribution in [0.15, 0.2) is 0 Å². The Morgan fingerprint density at radius 3 is 2.75 bits per heavy atom. The highest BCUT2D eigenvalue weighted by Gasteiger charge is 2.30. The second-order valence-electron chi connectivity index (χ2n) is 4.21. The molecule has 5 heteroatoms. The van der Waals surface area contributed by atoms with Crippen molar-refractivity contribution in [2.24, 2.45) is 5.92 Å². The Labute approximate surface area is 95.2 Å². The zero-order valence-corrected chi connectivity index (χ0v) is 9.57. The Bertz CT molecular complexity index is 254. The monoisotopic (exact) mass is 229 g/mol. The number of aliphatic carboxylic acids is 1. The van der Waals surface area contributed by atoms with E-state index in [1.54, 1.807) is 7.11 Å². The molecule has 0 aromatic rings. The summed E-state index contributed by atoms with van der Waals surface area (Å²) < 4.78 is 4.85. The third-order valence-electron chi connectivity index (χ3n) is 2.90. The molecular weight excluding hydrogens is 210 g/mol. The Morgan fingerprint density at radius 1 is 1.44 bits per heavy atom. The van der Waals surface area contributed by atoms with Gasteiger partial charge in [0.2, 0.25) is 5.91 Å². The molecule has 0 unspecified atom stereocenters. The van der Waals surface area contributed by atoms with Crippen LogP contribution in [0.4, 0.5) is 0 Å². The number of rotatable bonds is 6. The summed E-state index contributed by atoms with van der Waals surface area (Å²) in [5.41, 5.74) is 0. The van der Waals surface area contributed by atoms with E-state index in [4.69, 9.17) is 9.84 Å². The van der Waals surface area contributed by atoms with Crippen molar-refractivity contribution >= 4 is 11.9 Å². The minimum atomic E-state index is -0.754. The summed E-state index contributed by atoms with van der Waals surface area (Å²) in [6, 6.07) is 0.0381. The molecule has 2 atom stereocenters. The van der Waals surface area contributed by atoms with E-state index in [0.29, 0.717) is 32.3 Å². The fourth-order valence-corrected chi connectivity index (χ4v) is 2.01. The first-order valence-electron chi connectivity index (χ1n) is 5.64. The van der Waals surface area contributed by atoms with Crippen LogP contribution in [-0.2, 0) is 14.3 Å². The molecule has 0 aromatic carbocycles. The first-order chi connectivity index (χ1) is 7.63. The van der Waals surface area contributed by atoms with Gasteiger partial charge in [-0.25, -0.2) is 0 Å². The molecule has 1 aliphatic rings. The van der Waals surface area contributed by atoms with E-state index in [0.717, 1.165) is 6.42 Å². The lowest BCUT2D eigenvalue weighted by Gasteiger charge is -2.12. The molecule has 1 amide bonds. The molecule has 1 rings (SSSR count). The van der Waals surface area contributed by atoms with Crippen LogP contribution in [0, 0.1) is 5.92 Å². The Kier molecular flexibility index (Phi) is 5.25. The minimum absolute atomic E-state index is 0.00640. The molecule has 92 valence electrons. The maximum absolute atomic E-state index is 11.4. The zero-order chi connectivity index (χ0) is 12.0. The number of methoxy groups -OCH3 is 1. The molecule has 2 N–H and O–H groups in total. The first kappa shape index (κ1) is 13.0. The lowest BCUT2D eigenvalue weighted by atomic mass is 10.1. The van der Waals surface area contributed by atoms with Gasteiger partial charge in [-0.15, -0.1) is 0 Å². The lowest BCUT2D eigenvalue weighted by Crippen LogP contribution is -2.33. The van der Waals surface area contributed by atoms with E-state index < -0.39 is 5.97 Å². The maximum atomic E-state index is 11.4. The largest absolute Gasteiger partial charge is 0.481 e. The van der Waals surface area contributed by atoms with Gasteiger partial charge in [0.05, 0.1) is 5.92 Å². The number of nitrogens with one attached hydrogen (secondary N) is 1. The lowest BCUT2D eigenvalue weighted by molar-refractivity contribution is -0.141. The van der Waals surface area contributed by atoms with Crippen molar-refractivity contribution in [2.45, 2.75) is 38.1 Å². The summed E-state index contributed by atoms with van der Waals surface area (Å²) >= 11 is 0. The standard InChI is InChI=1S/C11H19NO4/c1-16-6-2-3-10(13)12-9-5-4-8(7-9)11(14)15/h8-9H,2-7H2,1H3,(H,12,13)(H,14,15)/t8-,9+/m0/s1. The van der Waals surface area contributed by atoms with E-state index in [1.807, 2.05) is 0 Å². The van der Waals surface area contributed by atoms with Crippen LogP contribution in [0.1, 0.15) is 32.1 Å². The van der Waals surface area contributed by atoms with Crippen molar-refractivity contribution in [2.75, 3.05) is 13.7 Å². The van der Waals surface area contributed by atoms with Gasteiger partial charge in [-0.3, -0.25) is 9.59 Å². The van der Waals surface area contributed by atoms with Crippen molar-refractivity contribution in [3.8, 4) is 0 Å². The normalized spacial score (nSPS) is 24.3. The van der Waals surface area contributed by atoms with E-state index in [1.165, 1.54) is 0 Å². The summed E-state index contributed by atoms with van der Waals surface area (Å²) in [5.74, 6) is -1.05. The summed E-state index contributed by atoms with van der Waals surface area (Å²) in [6.45, 7) is 0.579. The van der Waals surface area contributed by atoms with Crippen molar-refractivity contribution in [1.29, 1.82) is 0 Å². The van der Waals surface area contributed by atoms with Crippen LogP contribution in [0.25, 0.3) is 0 Å². The summed E-state index contributed by atoms with van der Waals surface area (Å²) in [6.07, 6.45) is 3.15. The van der Waals surface area contributed by atoms with Crippen LogP contribution in [0.5, 0.6) is 0 Å². The summed E-state index contributed by atoms with van der Waals surface area (Å²) in [4.78, 5) is 22.2. The topological polar surface area (TPSA) is 75.6 Å². The van der Waals surface area contributed by atoms with E-state index >= 15 is 0 Å². The fourth-order valence-electron chi connectivity index (χ4n) is 2.01. The van der Waals surface area contributed by atoms with Gasteiger partial charge >= 0.3 is 5.97 Å². The molecule has 0 saturated heterocycles. The number of carbonyl (C=O) groups is 2. The van der Waals surface area contributed by atoms with E-state index in [9.17, 15) is 9.59 Å². The van der Waals surface area contributed by atoms with Crippen LogP contribution >= 0.6 is 0 Å². The van der Waals surface area contributed by atoms with Gasteiger partial charge in [-0.05, 0) is 25.7 Å². The number of ether oxygens (including phenoxy) is 1. The predicted octanol–water partition coefficient (Wildman–Crippen LogP) is 0.782. The average Bonchev–Trinajstić information content (AvgIpc) is 2.66. The minimum Gasteiger partial charge on any atom is -0.481 e. The SMILES string of the molecule is COCCCC(=O)N[C@@H]1CC[C@H](C(=O)O)C1. The first-order valence-corrected chi connectivity index (χ1v) is 5.64. The highest BCUT2D eigenvalue weighted by molar-refractivity contribution is 5.76. The van der Waals surface area contributed by atoms with Gasteiger partial charge in [-0.1, -0.05) is 0 Å². The quantitative estimate of drug-likeness (QED) is 0.660. The van der Waals surface area contributed by atoms with Gasteiger partial charge in [0.15, 0.2) is 0 Å². The maximum Gasteiger partial charge on any atom is 0.306 e. The average molecular weight is 229 g/mol. The van der Waals surface area contributed by atoms with E-state index in [-0.39, 0.29) is 17.9 Å². The van der Waals surface area contributed by atoms with E-state index in [2.05, 4.69) is 5.32 Å². The molecule has 0 bridgehead atoms. The number of hydrogen-bond donors (Lipinski definition) is 2. The molecule has 0 aromatic heterocycles. The molecule has 5 nitrogen and oxygen atoms in total. The Balaban J connectivity index is 2.18. The van der Waals surface area contributed by atoms with Crippen molar-refractivity contribution in [3.63, 3.8) is 0 Å². The van der Waals surface area contributed by atoms with Gasteiger partial charge < -0.3 is 15.2 Å². The molecule has 0 aliphatic heterocycles. The van der Waals surface area contributed by atoms with Gasteiger partial charge in [0.1, 0.15) is 0 Å². The summed E-state index contributed by atoms with van der Waals surface area (Å²) in [5, 5.41) is 11.7. The number of amides is 1. The number of carboxylic acid groups (broad SMARTS) is 1. The van der Waals surface area contributed by atoms with Crippen molar-refractivity contribution in [1.82, 2.24) is 5.32 Å². The molecule has 1 saturated carbocycles. The smallest absolute Gasteiger partial charge is 0.306 e. The molecular formula is C11H19NO4. The number of carbonyl (C=O) groups excluding carboxylic acids is 1. The van der Waals surface area contributed by atoms with Crippen LogP contribution < -0.4 is 5.32 Å². The second kappa shape index (κ2) is 6.48.